The van der Waals surface area contributed by atoms with Crippen molar-refractivity contribution in [1.82, 2.24) is 20.4 Å². The second kappa shape index (κ2) is 9.62. The molecule has 0 spiro atoms. The summed E-state index contributed by atoms with van der Waals surface area (Å²) in [5, 5.41) is 27.3. The second-order valence-electron chi connectivity index (χ2n) is 8.41. The van der Waals surface area contributed by atoms with Crippen molar-refractivity contribution < 1.29 is 10.2 Å². The highest BCUT2D eigenvalue weighted by Gasteiger charge is 2.35. The largest absolute Gasteiger partial charge is 0.390 e. The molecule has 0 aromatic heterocycles. The normalized spacial score (nSPS) is 34.1. The number of β-amino-alcohol motifs (C(OH)–C–C–N with tert-alkyl or cyclic N) is 2. The monoisotopic (exact) mass is 356 g/mol. The number of hydrogen-bond acceptors (Lipinski definition) is 6. The van der Waals surface area contributed by atoms with Gasteiger partial charge in [0.2, 0.25) is 0 Å². The molecule has 25 heavy (non-hydrogen) atoms. The molecule has 0 radical (unpaired) electrons. The van der Waals surface area contributed by atoms with E-state index in [9.17, 15) is 10.2 Å². The van der Waals surface area contributed by atoms with E-state index in [2.05, 4.69) is 55.1 Å². The lowest BCUT2D eigenvalue weighted by Crippen LogP contribution is -2.43. The number of rotatable bonds is 9. The lowest BCUT2D eigenvalue weighted by Gasteiger charge is -2.29. The topological polar surface area (TPSA) is 71.0 Å². The molecule has 0 saturated carbocycles. The minimum absolute atomic E-state index is 0.189. The maximum Gasteiger partial charge on any atom is 0.0832 e. The number of likely N-dealkylation sites (tertiary alicyclic amines) is 2. The van der Waals surface area contributed by atoms with E-state index in [0.717, 1.165) is 45.6 Å². The summed E-state index contributed by atoms with van der Waals surface area (Å²) in [5.74, 6) is 0. The van der Waals surface area contributed by atoms with Crippen LogP contribution in [0.3, 0.4) is 0 Å². The van der Waals surface area contributed by atoms with Gasteiger partial charge in [-0.3, -0.25) is 9.80 Å². The van der Waals surface area contributed by atoms with Crippen LogP contribution in [0.5, 0.6) is 0 Å². The van der Waals surface area contributed by atoms with Gasteiger partial charge in [-0.2, -0.15) is 0 Å². The maximum absolute atomic E-state index is 10.3. The number of hydrogen-bond donors (Lipinski definition) is 4. The molecule has 2 fully saturated rings. The van der Waals surface area contributed by atoms with E-state index in [1.54, 1.807) is 0 Å². The summed E-state index contributed by atoms with van der Waals surface area (Å²) in [6, 6.07) is 1.77. The summed E-state index contributed by atoms with van der Waals surface area (Å²) in [6.45, 7) is 15.2. The van der Waals surface area contributed by atoms with Crippen LogP contribution in [0.15, 0.2) is 0 Å². The molecule has 2 saturated heterocycles. The van der Waals surface area contributed by atoms with Crippen LogP contribution in [-0.2, 0) is 0 Å². The van der Waals surface area contributed by atoms with Crippen LogP contribution in [0.25, 0.3) is 0 Å². The van der Waals surface area contributed by atoms with Crippen LogP contribution in [-0.4, -0.2) is 95.2 Å². The van der Waals surface area contributed by atoms with Crippen molar-refractivity contribution in [1.29, 1.82) is 0 Å². The first-order valence-corrected chi connectivity index (χ1v) is 10.1. The van der Waals surface area contributed by atoms with E-state index in [4.69, 9.17) is 0 Å². The molecule has 148 valence electrons. The van der Waals surface area contributed by atoms with Crippen molar-refractivity contribution in [2.75, 3.05) is 32.7 Å². The van der Waals surface area contributed by atoms with Gasteiger partial charge in [0.25, 0.3) is 0 Å². The van der Waals surface area contributed by atoms with Crippen molar-refractivity contribution in [3.8, 4) is 0 Å². The van der Waals surface area contributed by atoms with Gasteiger partial charge in [-0.1, -0.05) is 20.8 Å². The van der Waals surface area contributed by atoms with Gasteiger partial charge in [0, 0.05) is 56.4 Å². The third-order valence-corrected chi connectivity index (χ3v) is 5.90. The molecule has 0 aliphatic carbocycles. The lowest BCUT2D eigenvalue weighted by atomic mass is 10.1. The summed E-state index contributed by atoms with van der Waals surface area (Å²) in [7, 11) is 0. The minimum atomic E-state index is -0.267. The van der Waals surface area contributed by atoms with Crippen LogP contribution < -0.4 is 10.6 Å². The van der Waals surface area contributed by atoms with Crippen molar-refractivity contribution in [3.63, 3.8) is 0 Å². The third-order valence-electron chi connectivity index (χ3n) is 5.90. The average Bonchev–Trinajstić information content (AvgIpc) is 3.08. The highest BCUT2D eigenvalue weighted by Crippen LogP contribution is 2.21. The Bertz CT molecular complexity index is 396. The quantitative estimate of drug-likeness (QED) is 0.475. The standard InChI is InChI=1S/C19H40N4O2/c1-6-20-16-9-22(11-18(16)24)14(4)7-8-15(5)23-10-17(19(25)12-23)21-13(2)3/h13-21,24-25H,6-12H2,1-5H3/t14?,15?,16-,17-,18-,19-/m1/s1. The van der Waals surface area contributed by atoms with Crippen LogP contribution in [0.1, 0.15) is 47.5 Å². The number of aliphatic hydroxyl groups is 2. The summed E-state index contributed by atoms with van der Waals surface area (Å²) in [5.41, 5.74) is 0. The Balaban J connectivity index is 1.74. The predicted molar refractivity (Wildman–Crippen MR) is 103 cm³/mol. The Morgan fingerprint density at radius 2 is 1.32 bits per heavy atom. The van der Waals surface area contributed by atoms with Crippen LogP contribution in [0.4, 0.5) is 0 Å². The van der Waals surface area contributed by atoms with Gasteiger partial charge in [-0.05, 0) is 33.2 Å². The first kappa shape index (κ1) is 21.1. The summed E-state index contributed by atoms with van der Waals surface area (Å²) < 4.78 is 0. The van der Waals surface area contributed by atoms with E-state index >= 15 is 0 Å². The zero-order valence-corrected chi connectivity index (χ0v) is 16.8. The maximum atomic E-state index is 10.3. The van der Waals surface area contributed by atoms with Gasteiger partial charge in [-0.15, -0.1) is 0 Å². The molecule has 0 amide bonds. The Labute approximate surface area is 154 Å². The molecule has 6 nitrogen and oxygen atoms in total. The Kier molecular flexibility index (Phi) is 8.11. The third kappa shape index (κ3) is 5.88. The first-order chi connectivity index (χ1) is 11.8. The van der Waals surface area contributed by atoms with E-state index in [1.807, 2.05) is 0 Å². The molecule has 2 aliphatic rings. The fraction of sp³-hybridized carbons (Fsp3) is 1.00. The molecular formula is C19H40N4O2. The van der Waals surface area contributed by atoms with Gasteiger partial charge in [-0.25, -0.2) is 0 Å². The lowest BCUT2D eigenvalue weighted by molar-refractivity contribution is 0.135. The highest BCUT2D eigenvalue weighted by atomic mass is 16.3. The molecule has 2 aliphatic heterocycles. The minimum Gasteiger partial charge on any atom is -0.390 e. The molecule has 2 heterocycles. The summed E-state index contributed by atoms with van der Waals surface area (Å²) in [4.78, 5) is 4.82. The first-order valence-electron chi connectivity index (χ1n) is 10.1. The Hall–Kier alpha value is -0.240. The number of likely N-dealkylation sites (N-methyl/N-ethyl adjacent to an activating group) is 1. The molecular weight excluding hydrogens is 316 g/mol. The number of aliphatic hydroxyl groups excluding tert-OH is 2. The molecule has 0 aromatic carbocycles. The van der Waals surface area contributed by atoms with Gasteiger partial charge in [0.1, 0.15) is 0 Å². The van der Waals surface area contributed by atoms with E-state index in [1.165, 1.54) is 0 Å². The van der Waals surface area contributed by atoms with Crippen LogP contribution in [0, 0.1) is 0 Å². The van der Waals surface area contributed by atoms with E-state index in [0.29, 0.717) is 18.1 Å². The van der Waals surface area contributed by atoms with Crippen LogP contribution in [0.2, 0.25) is 0 Å². The second-order valence-corrected chi connectivity index (χ2v) is 8.41. The van der Waals surface area contributed by atoms with Gasteiger partial charge < -0.3 is 20.8 Å². The summed E-state index contributed by atoms with van der Waals surface area (Å²) in [6.07, 6.45) is 1.73. The molecule has 2 unspecified atom stereocenters. The predicted octanol–water partition coefficient (Wildman–Crippen LogP) is 0.241. The SMILES string of the molecule is CCN[C@@H]1CN(C(C)CCC(C)N2C[C@@H](O)[C@H](NC(C)C)C2)C[C@H]1O. The molecule has 6 heteroatoms. The summed E-state index contributed by atoms with van der Waals surface area (Å²) >= 11 is 0. The zero-order valence-electron chi connectivity index (χ0n) is 16.8. The van der Waals surface area contributed by atoms with Crippen molar-refractivity contribution >= 4 is 0 Å². The van der Waals surface area contributed by atoms with E-state index in [-0.39, 0.29) is 24.3 Å². The van der Waals surface area contributed by atoms with Crippen molar-refractivity contribution in [3.05, 3.63) is 0 Å². The fourth-order valence-corrected chi connectivity index (χ4v) is 4.25. The number of nitrogens with zero attached hydrogens (tertiary/aromatic N) is 2. The molecule has 2 rings (SSSR count). The molecule has 4 N–H and O–H groups in total. The smallest absolute Gasteiger partial charge is 0.0832 e. The average molecular weight is 357 g/mol. The van der Waals surface area contributed by atoms with Gasteiger partial charge in [0.15, 0.2) is 0 Å². The molecule has 6 atom stereocenters. The van der Waals surface area contributed by atoms with Gasteiger partial charge in [0.05, 0.1) is 12.2 Å². The molecule has 0 aromatic rings. The number of nitrogens with one attached hydrogen (secondary N) is 2. The van der Waals surface area contributed by atoms with Gasteiger partial charge >= 0.3 is 0 Å². The fourth-order valence-electron chi connectivity index (χ4n) is 4.25. The van der Waals surface area contributed by atoms with Crippen LogP contribution >= 0.6 is 0 Å². The Morgan fingerprint density at radius 3 is 1.80 bits per heavy atom. The van der Waals surface area contributed by atoms with Crippen molar-refractivity contribution in [2.24, 2.45) is 0 Å². The highest BCUT2D eigenvalue weighted by molar-refractivity contribution is 4.93. The molecule has 0 bridgehead atoms. The zero-order chi connectivity index (χ0) is 18.6. The Morgan fingerprint density at radius 1 is 0.840 bits per heavy atom. The van der Waals surface area contributed by atoms with Crippen molar-refractivity contribution in [2.45, 2.75) is 89.9 Å². The van der Waals surface area contributed by atoms with E-state index < -0.39 is 0 Å².